The Balaban J connectivity index is 1.51. The molecule has 3 aliphatic rings. The number of hydrogen-bond donors (Lipinski definition) is 3. The molecular formula is C23H25ClN6. The van der Waals surface area contributed by atoms with Crippen LogP contribution in [0.2, 0.25) is 5.02 Å². The first-order valence-corrected chi connectivity index (χ1v) is 10.7. The van der Waals surface area contributed by atoms with Gasteiger partial charge in [-0.3, -0.25) is 5.41 Å². The molecular weight excluding hydrogens is 396 g/mol. The first-order chi connectivity index (χ1) is 14.5. The van der Waals surface area contributed by atoms with Crippen molar-refractivity contribution in [3.63, 3.8) is 0 Å². The summed E-state index contributed by atoms with van der Waals surface area (Å²) in [5, 5.41) is 16.4. The average molecular weight is 421 g/mol. The molecule has 1 spiro atoms. The minimum Gasteiger partial charge on any atom is -0.393 e. The number of allylic oxidation sites excluding steroid dienone is 5. The topological polar surface area (TPSA) is 76.9 Å². The summed E-state index contributed by atoms with van der Waals surface area (Å²) in [6.45, 7) is 4.93. The van der Waals surface area contributed by atoms with E-state index in [-0.39, 0.29) is 0 Å². The number of halogens is 1. The van der Waals surface area contributed by atoms with Gasteiger partial charge in [-0.15, -0.1) is 0 Å². The van der Waals surface area contributed by atoms with Gasteiger partial charge in [0, 0.05) is 55.0 Å². The Hall–Kier alpha value is -2.70. The fraction of sp³-hybridized carbons (Fsp3) is 0.348. The Bertz CT molecular complexity index is 1140. The highest BCUT2D eigenvalue weighted by molar-refractivity contribution is 6.35. The van der Waals surface area contributed by atoms with Gasteiger partial charge in [-0.1, -0.05) is 11.6 Å². The zero-order chi connectivity index (χ0) is 20.9. The van der Waals surface area contributed by atoms with Gasteiger partial charge < -0.3 is 15.5 Å². The van der Waals surface area contributed by atoms with Gasteiger partial charge >= 0.3 is 0 Å². The van der Waals surface area contributed by atoms with Crippen LogP contribution in [-0.4, -0.2) is 47.9 Å². The highest BCUT2D eigenvalue weighted by Crippen LogP contribution is 2.39. The largest absolute Gasteiger partial charge is 0.393 e. The standard InChI is InChI=1S/C23H25ClN6/c1-14-7-15(8-16(11-26-2)21(14)25)20-10-19(24)18-9-17(12-27-22(18)29-20)30-6-5-28-23(13-30)3-4-23/h7-12,25-26,28H,3-6,13H2,1-2H3/b16-11-,25-21?. The zero-order valence-electron chi connectivity index (χ0n) is 17.2. The van der Waals surface area contributed by atoms with Crippen molar-refractivity contribution in [1.29, 1.82) is 5.41 Å². The maximum absolute atomic E-state index is 8.25. The van der Waals surface area contributed by atoms with Crippen LogP contribution in [0, 0.1) is 5.41 Å². The van der Waals surface area contributed by atoms with Crippen LogP contribution in [0.25, 0.3) is 16.6 Å². The summed E-state index contributed by atoms with van der Waals surface area (Å²) >= 11 is 6.70. The smallest absolute Gasteiger partial charge is 0.161 e. The lowest BCUT2D eigenvalue weighted by molar-refractivity contribution is 0.442. The van der Waals surface area contributed by atoms with Gasteiger partial charge in [0.2, 0.25) is 0 Å². The van der Waals surface area contributed by atoms with Gasteiger partial charge in [0.15, 0.2) is 5.65 Å². The van der Waals surface area contributed by atoms with Crippen molar-refractivity contribution in [2.45, 2.75) is 25.3 Å². The van der Waals surface area contributed by atoms with E-state index in [0.29, 0.717) is 21.9 Å². The van der Waals surface area contributed by atoms with Crippen LogP contribution in [0.15, 0.2) is 47.8 Å². The molecule has 0 amide bonds. The number of hydrogen-bond acceptors (Lipinski definition) is 6. The molecule has 0 atom stereocenters. The van der Waals surface area contributed by atoms with Gasteiger partial charge in [-0.25, -0.2) is 9.97 Å². The van der Waals surface area contributed by atoms with E-state index in [2.05, 4.69) is 26.6 Å². The Labute approximate surface area is 181 Å². The first kappa shape index (κ1) is 19.3. The Morgan fingerprint density at radius 2 is 2.13 bits per heavy atom. The molecule has 0 bridgehead atoms. The second-order valence-corrected chi connectivity index (χ2v) is 8.78. The van der Waals surface area contributed by atoms with Crippen molar-refractivity contribution in [2.75, 3.05) is 31.6 Å². The molecule has 3 N–H and O–H groups in total. The van der Waals surface area contributed by atoms with Crippen molar-refractivity contribution in [1.82, 2.24) is 20.6 Å². The van der Waals surface area contributed by atoms with Crippen LogP contribution in [0.3, 0.4) is 0 Å². The van der Waals surface area contributed by atoms with E-state index in [1.54, 1.807) is 0 Å². The molecule has 2 aromatic heterocycles. The second kappa shape index (κ2) is 7.22. The fourth-order valence-electron chi connectivity index (χ4n) is 4.27. The summed E-state index contributed by atoms with van der Waals surface area (Å²) < 4.78 is 0. The summed E-state index contributed by atoms with van der Waals surface area (Å²) in [7, 11) is 1.83. The maximum atomic E-state index is 8.25. The summed E-state index contributed by atoms with van der Waals surface area (Å²) in [6.07, 6.45) is 10.2. The third-order valence-corrected chi connectivity index (χ3v) is 6.47. The lowest BCUT2D eigenvalue weighted by atomic mass is 9.92. The van der Waals surface area contributed by atoms with E-state index in [4.69, 9.17) is 22.0 Å². The number of aromatic nitrogens is 2. The molecule has 2 aromatic rings. The summed E-state index contributed by atoms with van der Waals surface area (Å²) in [4.78, 5) is 11.8. The number of nitrogens with zero attached hydrogens (tertiary/aromatic N) is 3. The van der Waals surface area contributed by atoms with E-state index in [0.717, 1.165) is 53.1 Å². The van der Waals surface area contributed by atoms with Crippen molar-refractivity contribution in [2.24, 2.45) is 0 Å². The molecule has 2 fully saturated rings. The normalized spacial score (nSPS) is 21.8. The zero-order valence-corrected chi connectivity index (χ0v) is 18.0. The molecule has 1 saturated heterocycles. The Kier molecular flexibility index (Phi) is 4.64. The van der Waals surface area contributed by atoms with Crippen molar-refractivity contribution < 1.29 is 0 Å². The molecule has 7 heteroatoms. The molecule has 0 aromatic carbocycles. The molecule has 30 heavy (non-hydrogen) atoms. The molecule has 1 saturated carbocycles. The Morgan fingerprint density at radius 1 is 1.30 bits per heavy atom. The van der Waals surface area contributed by atoms with E-state index < -0.39 is 0 Å². The summed E-state index contributed by atoms with van der Waals surface area (Å²) in [6, 6.07) is 4.01. The van der Waals surface area contributed by atoms with Crippen LogP contribution < -0.4 is 15.5 Å². The molecule has 0 radical (unpaired) electrons. The van der Waals surface area contributed by atoms with E-state index in [9.17, 15) is 0 Å². The number of rotatable bonds is 3. The van der Waals surface area contributed by atoms with Gasteiger partial charge in [0.25, 0.3) is 0 Å². The van der Waals surface area contributed by atoms with Gasteiger partial charge in [-0.2, -0.15) is 0 Å². The van der Waals surface area contributed by atoms with E-state index in [1.807, 2.05) is 44.6 Å². The SMILES string of the molecule is CN/C=C1/C=C(c2cc(Cl)c3cc(N4CCNC5(CC5)C4)cnc3n2)C=C(C)C1=N. The number of nitrogens with one attached hydrogen (secondary N) is 3. The summed E-state index contributed by atoms with van der Waals surface area (Å²) in [5.41, 5.74) is 5.97. The monoisotopic (exact) mass is 420 g/mol. The lowest BCUT2D eigenvalue weighted by Gasteiger charge is -2.35. The molecule has 1 aliphatic heterocycles. The number of anilines is 1. The van der Waals surface area contributed by atoms with Gasteiger partial charge in [0.05, 0.1) is 28.3 Å². The van der Waals surface area contributed by atoms with Crippen LogP contribution in [-0.2, 0) is 0 Å². The predicted molar refractivity (Wildman–Crippen MR) is 123 cm³/mol. The quantitative estimate of drug-likeness (QED) is 0.705. The molecule has 0 unspecified atom stereocenters. The van der Waals surface area contributed by atoms with Crippen LogP contribution in [0.5, 0.6) is 0 Å². The van der Waals surface area contributed by atoms with Crippen LogP contribution in [0.4, 0.5) is 5.69 Å². The molecule has 2 aliphatic carbocycles. The minimum atomic E-state index is 0.309. The maximum Gasteiger partial charge on any atom is 0.161 e. The fourth-order valence-corrected chi connectivity index (χ4v) is 4.51. The van der Waals surface area contributed by atoms with Crippen molar-refractivity contribution in [3.8, 4) is 0 Å². The predicted octanol–water partition coefficient (Wildman–Crippen LogP) is 3.69. The average Bonchev–Trinajstić information content (AvgIpc) is 3.49. The highest BCUT2D eigenvalue weighted by Gasteiger charge is 2.45. The van der Waals surface area contributed by atoms with E-state index >= 15 is 0 Å². The third-order valence-electron chi connectivity index (χ3n) is 6.15. The molecule has 3 heterocycles. The Morgan fingerprint density at radius 3 is 2.90 bits per heavy atom. The third kappa shape index (κ3) is 3.40. The number of piperazine rings is 1. The first-order valence-electron chi connectivity index (χ1n) is 10.3. The minimum absolute atomic E-state index is 0.309. The lowest BCUT2D eigenvalue weighted by Crippen LogP contribution is -2.52. The molecule has 6 nitrogen and oxygen atoms in total. The molecule has 154 valence electrons. The van der Waals surface area contributed by atoms with Crippen LogP contribution >= 0.6 is 11.6 Å². The number of pyridine rings is 2. The highest BCUT2D eigenvalue weighted by atomic mass is 35.5. The van der Waals surface area contributed by atoms with Gasteiger partial charge in [-0.05, 0) is 49.6 Å². The van der Waals surface area contributed by atoms with Crippen LogP contribution in [0.1, 0.15) is 25.5 Å². The van der Waals surface area contributed by atoms with Crippen molar-refractivity contribution in [3.05, 3.63) is 58.5 Å². The second-order valence-electron chi connectivity index (χ2n) is 8.37. The number of fused-ring (bicyclic) bond motifs is 1. The van der Waals surface area contributed by atoms with E-state index in [1.165, 1.54) is 12.8 Å². The van der Waals surface area contributed by atoms with Crippen molar-refractivity contribution >= 4 is 39.6 Å². The molecule has 5 rings (SSSR count). The summed E-state index contributed by atoms with van der Waals surface area (Å²) in [5.74, 6) is 0. The van der Waals surface area contributed by atoms with Gasteiger partial charge in [0.1, 0.15) is 0 Å².